The van der Waals surface area contributed by atoms with Gasteiger partial charge in [0.2, 0.25) is 5.91 Å². The Balaban J connectivity index is 2.03. The van der Waals surface area contributed by atoms with Gasteiger partial charge < -0.3 is 10.4 Å². The van der Waals surface area contributed by atoms with Gasteiger partial charge in [0.1, 0.15) is 11.6 Å². The SMILES string of the molecule is Cc1cc(NC(=O)CSCC(C)CO)n(-c2ccc(F)cc2)n1. The van der Waals surface area contributed by atoms with Gasteiger partial charge >= 0.3 is 0 Å². The minimum absolute atomic E-state index is 0.116. The third-order valence-corrected chi connectivity index (χ3v) is 4.39. The summed E-state index contributed by atoms with van der Waals surface area (Å²) in [5.74, 6) is 1.29. The predicted molar refractivity (Wildman–Crippen MR) is 90.5 cm³/mol. The van der Waals surface area contributed by atoms with E-state index in [0.717, 1.165) is 11.4 Å². The van der Waals surface area contributed by atoms with Crippen molar-refractivity contribution in [2.24, 2.45) is 5.92 Å². The number of aliphatic hydroxyl groups is 1. The summed E-state index contributed by atoms with van der Waals surface area (Å²) in [6, 6.07) is 7.68. The van der Waals surface area contributed by atoms with E-state index >= 15 is 0 Å². The van der Waals surface area contributed by atoms with Crippen molar-refractivity contribution in [2.75, 3.05) is 23.4 Å². The Morgan fingerprint density at radius 1 is 1.43 bits per heavy atom. The highest BCUT2D eigenvalue weighted by Crippen LogP contribution is 2.18. The van der Waals surface area contributed by atoms with Crippen LogP contribution in [-0.2, 0) is 4.79 Å². The van der Waals surface area contributed by atoms with Crippen molar-refractivity contribution in [3.05, 3.63) is 41.8 Å². The molecule has 124 valence electrons. The first-order valence-electron chi connectivity index (χ1n) is 7.30. The van der Waals surface area contributed by atoms with Crippen LogP contribution in [0.25, 0.3) is 5.69 Å². The van der Waals surface area contributed by atoms with Crippen LogP contribution in [0.2, 0.25) is 0 Å². The Morgan fingerprint density at radius 2 is 2.13 bits per heavy atom. The molecule has 0 radical (unpaired) electrons. The lowest BCUT2D eigenvalue weighted by atomic mass is 10.2. The summed E-state index contributed by atoms with van der Waals surface area (Å²) in [5.41, 5.74) is 1.43. The van der Waals surface area contributed by atoms with Crippen LogP contribution in [0, 0.1) is 18.7 Å². The first-order chi connectivity index (χ1) is 11.0. The van der Waals surface area contributed by atoms with Crippen LogP contribution in [-0.4, -0.2) is 38.9 Å². The highest BCUT2D eigenvalue weighted by molar-refractivity contribution is 7.99. The molecule has 2 rings (SSSR count). The molecule has 1 aromatic carbocycles. The molecule has 0 saturated carbocycles. The van der Waals surface area contributed by atoms with Crippen LogP contribution in [0.1, 0.15) is 12.6 Å². The number of nitrogens with zero attached hydrogens (tertiary/aromatic N) is 2. The molecule has 5 nitrogen and oxygen atoms in total. The van der Waals surface area contributed by atoms with Gasteiger partial charge in [0, 0.05) is 12.7 Å². The Hall–Kier alpha value is -1.86. The summed E-state index contributed by atoms with van der Waals surface area (Å²) in [4.78, 5) is 12.0. The predicted octanol–water partition coefficient (Wildman–Crippen LogP) is 2.62. The summed E-state index contributed by atoms with van der Waals surface area (Å²) >= 11 is 1.47. The number of thioether (sulfide) groups is 1. The first-order valence-corrected chi connectivity index (χ1v) is 8.46. The van der Waals surface area contributed by atoms with Gasteiger partial charge in [-0.15, -0.1) is 0 Å². The van der Waals surface area contributed by atoms with E-state index in [-0.39, 0.29) is 24.2 Å². The van der Waals surface area contributed by atoms with Gasteiger partial charge in [-0.25, -0.2) is 9.07 Å². The Labute approximate surface area is 138 Å². The minimum Gasteiger partial charge on any atom is -0.396 e. The van der Waals surface area contributed by atoms with Crippen LogP contribution < -0.4 is 5.32 Å². The van der Waals surface area contributed by atoms with E-state index in [1.807, 2.05) is 13.8 Å². The quantitative estimate of drug-likeness (QED) is 0.815. The van der Waals surface area contributed by atoms with Crippen molar-refractivity contribution in [1.82, 2.24) is 9.78 Å². The highest BCUT2D eigenvalue weighted by atomic mass is 32.2. The molecule has 2 N–H and O–H groups in total. The second-order valence-electron chi connectivity index (χ2n) is 5.41. The van der Waals surface area contributed by atoms with Crippen molar-refractivity contribution < 1.29 is 14.3 Å². The number of aromatic nitrogens is 2. The topological polar surface area (TPSA) is 67.2 Å². The van der Waals surface area contributed by atoms with Crippen LogP contribution in [0.3, 0.4) is 0 Å². The third kappa shape index (κ3) is 5.07. The van der Waals surface area contributed by atoms with Gasteiger partial charge in [0.15, 0.2) is 0 Å². The number of amides is 1. The molecule has 0 aliphatic heterocycles. The number of anilines is 1. The number of hydrogen-bond acceptors (Lipinski definition) is 4. The molecule has 0 saturated heterocycles. The molecule has 7 heteroatoms. The molecular formula is C16H20FN3O2S. The van der Waals surface area contributed by atoms with Crippen molar-refractivity contribution >= 4 is 23.5 Å². The van der Waals surface area contributed by atoms with E-state index in [0.29, 0.717) is 17.3 Å². The van der Waals surface area contributed by atoms with Crippen LogP contribution in [0.4, 0.5) is 10.2 Å². The van der Waals surface area contributed by atoms with Crippen molar-refractivity contribution in [3.8, 4) is 5.69 Å². The lowest BCUT2D eigenvalue weighted by Crippen LogP contribution is -2.18. The molecule has 0 aliphatic carbocycles. The summed E-state index contributed by atoms with van der Waals surface area (Å²) in [5, 5.41) is 16.1. The lowest BCUT2D eigenvalue weighted by Gasteiger charge is -2.10. The maximum absolute atomic E-state index is 13.0. The Kier molecular flexibility index (Phi) is 6.18. The van der Waals surface area contributed by atoms with Crippen molar-refractivity contribution in [2.45, 2.75) is 13.8 Å². The van der Waals surface area contributed by atoms with Gasteiger partial charge in [-0.05, 0) is 42.9 Å². The largest absolute Gasteiger partial charge is 0.396 e. The van der Waals surface area contributed by atoms with Gasteiger partial charge in [0.05, 0.1) is 17.1 Å². The number of carbonyl (C=O) groups excluding carboxylic acids is 1. The molecule has 1 amide bonds. The molecule has 0 spiro atoms. The number of nitrogens with one attached hydrogen (secondary N) is 1. The minimum atomic E-state index is -0.322. The van der Waals surface area contributed by atoms with E-state index in [2.05, 4.69) is 10.4 Å². The van der Waals surface area contributed by atoms with Crippen molar-refractivity contribution in [1.29, 1.82) is 0 Å². The van der Waals surface area contributed by atoms with E-state index in [1.165, 1.54) is 23.9 Å². The monoisotopic (exact) mass is 337 g/mol. The highest BCUT2D eigenvalue weighted by Gasteiger charge is 2.11. The smallest absolute Gasteiger partial charge is 0.235 e. The zero-order valence-electron chi connectivity index (χ0n) is 13.1. The normalized spacial score (nSPS) is 12.2. The average Bonchev–Trinajstić information content (AvgIpc) is 2.88. The van der Waals surface area contributed by atoms with E-state index < -0.39 is 0 Å². The third-order valence-electron chi connectivity index (χ3n) is 3.12. The zero-order chi connectivity index (χ0) is 16.8. The fourth-order valence-electron chi connectivity index (χ4n) is 1.95. The Morgan fingerprint density at radius 3 is 2.78 bits per heavy atom. The number of aryl methyl sites for hydroxylation is 1. The van der Waals surface area contributed by atoms with E-state index in [4.69, 9.17) is 5.11 Å². The second-order valence-corrected chi connectivity index (χ2v) is 6.44. The number of carbonyl (C=O) groups is 1. The molecule has 0 aliphatic rings. The van der Waals surface area contributed by atoms with Crippen LogP contribution in [0.15, 0.2) is 30.3 Å². The summed E-state index contributed by atoms with van der Waals surface area (Å²) in [7, 11) is 0. The number of aliphatic hydroxyl groups excluding tert-OH is 1. The molecular weight excluding hydrogens is 317 g/mol. The standard InChI is InChI=1S/C16H20FN3O2S/c1-11(8-21)9-23-10-16(22)18-15-7-12(2)19-20(15)14-5-3-13(17)4-6-14/h3-7,11,21H,8-10H2,1-2H3,(H,18,22). The van der Waals surface area contributed by atoms with Gasteiger partial charge in [0.25, 0.3) is 0 Å². The fourth-order valence-corrected chi connectivity index (χ4v) is 2.84. The summed E-state index contributed by atoms with van der Waals surface area (Å²) in [6.07, 6.45) is 0. The van der Waals surface area contributed by atoms with Crippen LogP contribution >= 0.6 is 11.8 Å². The molecule has 0 bridgehead atoms. The summed E-state index contributed by atoms with van der Waals surface area (Å²) < 4.78 is 14.6. The molecule has 1 aromatic heterocycles. The lowest BCUT2D eigenvalue weighted by molar-refractivity contribution is -0.113. The van der Waals surface area contributed by atoms with Gasteiger partial charge in [-0.3, -0.25) is 4.79 Å². The second kappa shape index (κ2) is 8.12. The fraction of sp³-hybridized carbons (Fsp3) is 0.375. The average molecular weight is 337 g/mol. The zero-order valence-corrected chi connectivity index (χ0v) is 13.9. The molecule has 1 heterocycles. The van der Waals surface area contributed by atoms with Gasteiger partial charge in [-0.1, -0.05) is 6.92 Å². The number of halogens is 1. The maximum Gasteiger partial charge on any atom is 0.235 e. The summed E-state index contributed by atoms with van der Waals surface area (Å²) in [6.45, 7) is 3.87. The van der Waals surface area contributed by atoms with Gasteiger partial charge in [-0.2, -0.15) is 16.9 Å². The molecule has 0 fully saturated rings. The van der Waals surface area contributed by atoms with E-state index in [9.17, 15) is 9.18 Å². The molecule has 2 aromatic rings. The maximum atomic E-state index is 13.0. The number of benzene rings is 1. The molecule has 1 atom stereocenters. The number of rotatable bonds is 7. The first kappa shape index (κ1) is 17.5. The van der Waals surface area contributed by atoms with Crippen LogP contribution in [0.5, 0.6) is 0 Å². The van der Waals surface area contributed by atoms with E-state index in [1.54, 1.807) is 22.9 Å². The Bertz CT molecular complexity index is 658. The molecule has 23 heavy (non-hydrogen) atoms. The number of hydrogen-bond donors (Lipinski definition) is 2. The van der Waals surface area contributed by atoms with Crippen molar-refractivity contribution in [3.63, 3.8) is 0 Å². The molecule has 1 unspecified atom stereocenters.